The highest BCUT2D eigenvalue weighted by Crippen LogP contribution is 2.18. The lowest BCUT2D eigenvalue weighted by Crippen LogP contribution is -2.11. The molecule has 17 heavy (non-hydrogen) atoms. The van der Waals surface area contributed by atoms with Gasteiger partial charge in [-0.3, -0.25) is 0 Å². The van der Waals surface area contributed by atoms with Crippen LogP contribution in [0, 0.1) is 0 Å². The molecule has 1 atom stereocenters. The summed E-state index contributed by atoms with van der Waals surface area (Å²) in [5.74, 6) is 0.622. The molecule has 1 heterocycles. The lowest BCUT2D eigenvalue weighted by Gasteiger charge is -1.99. The van der Waals surface area contributed by atoms with E-state index >= 15 is 0 Å². The van der Waals surface area contributed by atoms with Gasteiger partial charge in [0.15, 0.2) is 0 Å². The monoisotopic (exact) mass is 233 g/mol. The minimum atomic E-state index is -0.897. The Morgan fingerprint density at radius 2 is 2.06 bits per heavy atom. The summed E-state index contributed by atoms with van der Waals surface area (Å²) in [6.07, 6.45) is 0.0927. The number of benzene rings is 1. The predicted octanol–water partition coefficient (Wildman–Crippen LogP) is 1.29. The van der Waals surface area contributed by atoms with Crippen molar-refractivity contribution in [3.63, 3.8) is 0 Å². The first-order valence-corrected chi connectivity index (χ1v) is 5.55. The second-order valence-corrected chi connectivity index (χ2v) is 3.76. The summed E-state index contributed by atoms with van der Waals surface area (Å²) in [4.78, 5) is 4.10. The fraction of sp³-hybridized carbons (Fsp3) is 0.333. The van der Waals surface area contributed by atoms with Gasteiger partial charge in [-0.25, -0.2) is 0 Å². The standard InChI is InChI=1S/C12H15N3O2/c1-2-8-3-5-9(6-4-8)11-14-12(17-15-11)10(16)7-13/h3-6,10,16H,2,7,13H2,1H3/t10-/m0/s1. The largest absolute Gasteiger partial charge is 0.382 e. The second-order valence-electron chi connectivity index (χ2n) is 3.76. The lowest BCUT2D eigenvalue weighted by atomic mass is 10.1. The van der Waals surface area contributed by atoms with Crippen molar-refractivity contribution in [3.05, 3.63) is 35.7 Å². The Hall–Kier alpha value is -1.72. The zero-order chi connectivity index (χ0) is 12.3. The maximum absolute atomic E-state index is 9.45. The van der Waals surface area contributed by atoms with Crippen LogP contribution in [0.2, 0.25) is 0 Å². The maximum Gasteiger partial charge on any atom is 0.257 e. The molecule has 0 spiro atoms. The summed E-state index contributed by atoms with van der Waals surface area (Å²) in [6, 6.07) is 7.90. The Bertz CT molecular complexity index is 479. The molecule has 0 fully saturated rings. The minimum Gasteiger partial charge on any atom is -0.382 e. The molecule has 3 N–H and O–H groups in total. The average molecular weight is 233 g/mol. The van der Waals surface area contributed by atoms with Crippen molar-refractivity contribution in [1.29, 1.82) is 0 Å². The van der Waals surface area contributed by atoms with Crippen LogP contribution in [0.15, 0.2) is 28.8 Å². The Balaban J connectivity index is 2.24. The van der Waals surface area contributed by atoms with E-state index in [2.05, 4.69) is 17.1 Å². The van der Waals surface area contributed by atoms with Gasteiger partial charge in [0, 0.05) is 12.1 Å². The molecule has 0 bridgehead atoms. The molecule has 5 heteroatoms. The third kappa shape index (κ3) is 2.51. The summed E-state index contributed by atoms with van der Waals surface area (Å²) in [5, 5.41) is 13.3. The van der Waals surface area contributed by atoms with Gasteiger partial charge in [-0.1, -0.05) is 36.3 Å². The van der Waals surface area contributed by atoms with E-state index in [4.69, 9.17) is 10.3 Å². The van der Waals surface area contributed by atoms with Gasteiger partial charge in [-0.2, -0.15) is 4.98 Å². The van der Waals surface area contributed by atoms with Crippen molar-refractivity contribution < 1.29 is 9.63 Å². The summed E-state index contributed by atoms with van der Waals surface area (Å²) in [7, 11) is 0. The van der Waals surface area contributed by atoms with Gasteiger partial charge in [0.05, 0.1) is 0 Å². The van der Waals surface area contributed by atoms with Crippen LogP contribution in [0.3, 0.4) is 0 Å². The molecule has 0 aliphatic rings. The summed E-state index contributed by atoms with van der Waals surface area (Å²) in [5.41, 5.74) is 7.42. The lowest BCUT2D eigenvalue weighted by molar-refractivity contribution is 0.141. The number of hydrogen-bond acceptors (Lipinski definition) is 5. The van der Waals surface area contributed by atoms with Crippen LogP contribution in [0.5, 0.6) is 0 Å². The number of nitrogens with two attached hydrogens (primary N) is 1. The van der Waals surface area contributed by atoms with E-state index < -0.39 is 6.10 Å². The van der Waals surface area contributed by atoms with Crippen molar-refractivity contribution in [2.75, 3.05) is 6.54 Å². The van der Waals surface area contributed by atoms with Crippen molar-refractivity contribution in [2.24, 2.45) is 5.73 Å². The van der Waals surface area contributed by atoms with Crippen LogP contribution in [-0.4, -0.2) is 21.8 Å². The Morgan fingerprint density at radius 1 is 1.35 bits per heavy atom. The Morgan fingerprint density at radius 3 is 2.65 bits per heavy atom. The molecule has 1 aromatic heterocycles. The molecule has 1 aromatic carbocycles. The summed E-state index contributed by atoms with van der Waals surface area (Å²) < 4.78 is 4.94. The van der Waals surface area contributed by atoms with E-state index in [1.807, 2.05) is 24.3 Å². The van der Waals surface area contributed by atoms with Crippen molar-refractivity contribution in [2.45, 2.75) is 19.4 Å². The van der Waals surface area contributed by atoms with Crippen LogP contribution < -0.4 is 5.73 Å². The number of hydrogen-bond donors (Lipinski definition) is 2. The molecule has 5 nitrogen and oxygen atoms in total. The first kappa shape index (κ1) is 11.8. The summed E-state index contributed by atoms with van der Waals surface area (Å²) >= 11 is 0. The van der Waals surface area contributed by atoms with Gasteiger partial charge >= 0.3 is 0 Å². The van der Waals surface area contributed by atoms with E-state index in [9.17, 15) is 5.11 Å². The normalized spacial score (nSPS) is 12.6. The van der Waals surface area contributed by atoms with E-state index in [-0.39, 0.29) is 12.4 Å². The van der Waals surface area contributed by atoms with E-state index in [1.54, 1.807) is 0 Å². The fourth-order valence-corrected chi connectivity index (χ4v) is 1.48. The van der Waals surface area contributed by atoms with Gasteiger partial charge in [-0.15, -0.1) is 0 Å². The first-order valence-electron chi connectivity index (χ1n) is 5.55. The van der Waals surface area contributed by atoms with Crippen LogP contribution in [0.4, 0.5) is 0 Å². The highest BCUT2D eigenvalue weighted by Gasteiger charge is 2.15. The Labute approximate surface area is 99.3 Å². The highest BCUT2D eigenvalue weighted by atomic mass is 16.5. The number of rotatable bonds is 4. The van der Waals surface area contributed by atoms with Crippen LogP contribution in [-0.2, 0) is 6.42 Å². The van der Waals surface area contributed by atoms with Gasteiger partial charge < -0.3 is 15.4 Å². The molecule has 0 saturated heterocycles. The van der Waals surface area contributed by atoms with Crippen molar-refractivity contribution in [3.8, 4) is 11.4 Å². The molecular formula is C12H15N3O2. The molecule has 2 rings (SSSR count). The minimum absolute atomic E-state index is 0.0659. The SMILES string of the molecule is CCc1ccc(-c2noc([C@@H](O)CN)n2)cc1. The van der Waals surface area contributed by atoms with Crippen molar-refractivity contribution >= 4 is 0 Å². The molecule has 0 aliphatic carbocycles. The molecule has 0 aliphatic heterocycles. The molecule has 0 unspecified atom stereocenters. The zero-order valence-corrected chi connectivity index (χ0v) is 9.63. The summed E-state index contributed by atoms with van der Waals surface area (Å²) in [6.45, 7) is 2.16. The third-order valence-corrected chi connectivity index (χ3v) is 2.57. The number of aryl methyl sites for hydroxylation is 1. The molecule has 2 aromatic rings. The maximum atomic E-state index is 9.45. The van der Waals surface area contributed by atoms with Gasteiger partial charge in [0.25, 0.3) is 5.89 Å². The molecule has 0 radical (unpaired) electrons. The van der Waals surface area contributed by atoms with Gasteiger partial charge in [0.2, 0.25) is 5.82 Å². The average Bonchev–Trinajstić information content (AvgIpc) is 2.87. The van der Waals surface area contributed by atoms with Crippen LogP contribution in [0.25, 0.3) is 11.4 Å². The Kier molecular flexibility index (Phi) is 3.51. The number of aromatic nitrogens is 2. The van der Waals surface area contributed by atoms with Crippen molar-refractivity contribution in [1.82, 2.24) is 10.1 Å². The van der Waals surface area contributed by atoms with Crippen LogP contribution >= 0.6 is 0 Å². The van der Waals surface area contributed by atoms with Gasteiger partial charge in [0.1, 0.15) is 6.10 Å². The zero-order valence-electron chi connectivity index (χ0n) is 9.63. The smallest absolute Gasteiger partial charge is 0.257 e. The highest BCUT2D eigenvalue weighted by molar-refractivity contribution is 5.54. The molecule has 90 valence electrons. The van der Waals surface area contributed by atoms with E-state index in [0.717, 1.165) is 12.0 Å². The number of aliphatic hydroxyl groups is 1. The van der Waals surface area contributed by atoms with Gasteiger partial charge in [-0.05, 0) is 12.0 Å². The molecular weight excluding hydrogens is 218 g/mol. The fourth-order valence-electron chi connectivity index (χ4n) is 1.48. The topological polar surface area (TPSA) is 85.2 Å². The second kappa shape index (κ2) is 5.07. The molecule has 0 amide bonds. The van der Waals surface area contributed by atoms with E-state index in [1.165, 1.54) is 5.56 Å². The quantitative estimate of drug-likeness (QED) is 0.831. The van der Waals surface area contributed by atoms with E-state index in [0.29, 0.717) is 5.82 Å². The molecule has 0 saturated carbocycles. The number of aliphatic hydroxyl groups excluding tert-OH is 1. The third-order valence-electron chi connectivity index (χ3n) is 2.57. The number of nitrogens with zero attached hydrogens (tertiary/aromatic N) is 2. The first-order chi connectivity index (χ1) is 8.24. The van der Waals surface area contributed by atoms with Crippen LogP contribution in [0.1, 0.15) is 24.5 Å². The predicted molar refractivity (Wildman–Crippen MR) is 63.1 cm³/mol.